The van der Waals surface area contributed by atoms with Gasteiger partial charge in [-0.1, -0.05) is 0 Å². The molecule has 0 unspecified atom stereocenters. The highest BCUT2D eigenvalue weighted by molar-refractivity contribution is 6.03. The molecule has 0 bridgehead atoms. The molecule has 134 valence electrons. The molecular weight excluding hydrogens is 326 g/mol. The Labute approximate surface area is 144 Å². The molecule has 2 aromatic heterocycles. The summed E-state index contributed by atoms with van der Waals surface area (Å²) in [5.74, 6) is -1.56. The molecule has 0 saturated carbocycles. The van der Waals surface area contributed by atoms with Gasteiger partial charge in [-0.2, -0.15) is 0 Å². The molecule has 0 amide bonds. The standard InChI is InChI=1S/C17H21N3O5/c1-10-14(16(23)24)12-9-18-7-5-11(12)15(22)20(10)19-8-6-13(21)25-17(2,3)4/h5,7,9,19H,6,8H2,1-4H3,(H,23,24). The third-order valence-electron chi connectivity index (χ3n) is 3.45. The van der Waals surface area contributed by atoms with Crippen molar-refractivity contribution in [2.24, 2.45) is 0 Å². The summed E-state index contributed by atoms with van der Waals surface area (Å²) in [6.45, 7) is 6.96. The number of ether oxygens (including phenoxy) is 1. The molecule has 2 rings (SSSR count). The number of hydrogen-bond acceptors (Lipinski definition) is 6. The number of carboxylic acids is 1. The van der Waals surface area contributed by atoms with Crippen molar-refractivity contribution < 1.29 is 19.4 Å². The first kappa shape index (κ1) is 18.4. The predicted octanol–water partition coefficient (Wildman–Crippen LogP) is 1.68. The topological polar surface area (TPSA) is 111 Å². The summed E-state index contributed by atoms with van der Waals surface area (Å²) in [5, 5.41) is 9.99. The SMILES string of the molecule is Cc1c(C(=O)O)c2cnccc2c(=O)n1NCCC(=O)OC(C)(C)C. The van der Waals surface area contributed by atoms with Crippen LogP contribution in [-0.2, 0) is 9.53 Å². The first-order valence-electron chi connectivity index (χ1n) is 7.80. The van der Waals surface area contributed by atoms with Crippen molar-refractivity contribution in [3.8, 4) is 0 Å². The van der Waals surface area contributed by atoms with Gasteiger partial charge in [-0.25, -0.2) is 9.47 Å². The highest BCUT2D eigenvalue weighted by Crippen LogP contribution is 2.18. The number of carboxylic acid groups (broad SMARTS) is 1. The number of hydrogen-bond donors (Lipinski definition) is 2. The molecular formula is C17H21N3O5. The Bertz CT molecular complexity index is 880. The largest absolute Gasteiger partial charge is 0.478 e. The maximum absolute atomic E-state index is 12.6. The lowest BCUT2D eigenvalue weighted by Crippen LogP contribution is -2.34. The number of nitrogens with zero attached hydrogens (tertiary/aromatic N) is 2. The number of esters is 1. The summed E-state index contributed by atoms with van der Waals surface area (Å²) in [6.07, 6.45) is 2.83. The van der Waals surface area contributed by atoms with E-state index < -0.39 is 23.1 Å². The monoisotopic (exact) mass is 347 g/mol. The van der Waals surface area contributed by atoms with E-state index in [4.69, 9.17) is 4.74 Å². The van der Waals surface area contributed by atoms with Crippen LogP contribution in [-0.4, -0.2) is 38.9 Å². The van der Waals surface area contributed by atoms with E-state index in [0.717, 1.165) is 4.68 Å². The van der Waals surface area contributed by atoms with E-state index in [2.05, 4.69) is 10.4 Å². The number of aromatic carboxylic acids is 1. The van der Waals surface area contributed by atoms with Crippen molar-refractivity contribution >= 4 is 22.7 Å². The molecule has 0 atom stereocenters. The molecule has 0 spiro atoms. The third kappa shape index (κ3) is 4.14. The Balaban J connectivity index is 2.31. The molecule has 0 aromatic carbocycles. The van der Waals surface area contributed by atoms with E-state index in [1.54, 1.807) is 20.8 Å². The van der Waals surface area contributed by atoms with Gasteiger partial charge in [-0.15, -0.1) is 0 Å². The van der Waals surface area contributed by atoms with Gasteiger partial charge in [0.2, 0.25) is 0 Å². The molecule has 0 aliphatic carbocycles. The average Bonchev–Trinajstić information content (AvgIpc) is 2.48. The molecule has 8 nitrogen and oxygen atoms in total. The van der Waals surface area contributed by atoms with Crippen molar-refractivity contribution in [1.29, 1.82) is 0 Å². The quantitative estimate of drug-likeness (QED) is 0.792. The fraction of sp³-hybridized carbons (Fsp3) is 0.412. The van der Waals surface area contributed by atoms with Crippen molar-refractivity contribution in [3.63, 3.8) is 0 Å². The van der Waals surface area contributed by atoms with E-state index in [1.807, 2.05) is 0 Å². The molecule has 8 heteroatoms. The molecule has 2 heterocycles. The van der Waals surface area contributed by atoms with E-state index >= 15 is 0 Å². The molecule has 0 fully saturated rings. The Morgan fingerprint density at radius 2 is 2.00 bits per heavy atom. The normalized spacial score (nSPS) is 11.4. The number of rotatable bonds is 5. The van der Waals surface area contributed by atoms with E-state index in [1.165, 1.54) is 25.4 Å². The van der Waals surface area contributed by atoms with Gasteiger partial charge in [0.25, 0.3) is 5.56 Å². The van der Waals surface area contributed by atoms with E-state index in [9.17, 15) is 19.5 Å². The van der Waals surface area contributed by atoms with Crippen LogP contribution >= 0.6 is 0 Å². The Morgan fingerprint density at radius 3 is 2.60 bits per heavy atom. The lowest BCUT2D eigenvalue weighted by Gasteiger charge is -2.20. The minimum Gasteiger partial charge on any atom is -0.478 e. The number of carbonyl (C=O) groups is 2. The minimum absolute atomic E-state index is 0.00697. The smallest absolute Gasteiger partial charge is 0.338 e. The number of carbonyl (C=O) groups excluding carboxylic acids is 1. The second kappa shape index (κ2) is 6.92. The third-order valence-corrected chi connectivity index (χ3v) is 3.45. The first-order valence-corrected chi connectivity index (χ1v) is 7.80. The first-order chi connectivity index (χ1) is 11.6. The van der Waals surface area contributed by atoms with Crippen LogP contribution in [0.2, 0.25) is 0 Å². The van der Waals surface area contributed by atoms with Crippen molar-refractivity contribution in [1.82, 2.24) is 9.66 Å². The fourth-order valence-electron chi connectivity index (χ4n) is 2.48. The van der Waals surface area contributed by atoms with Crippen LogP contribution in [0.4, 0.5) is 0 Å². The second-order valence-corrected chi connectivity index (χ2v) is 6.57. The molecule has 2 N–H and O–H groups in total. The molecule has 0 saturated heterocycles. The number of nitrogens with one attached hydrogen (secondary N) is 1. The van der Waals surface area contributed by atoms with Gasteiger partial charge < -0.3 is 15.3 Å². The highest BCUT2D eigenvalue weighted by atomic mass is 16.6. The lowest BCUT2D eigenvalue weighted by molar-refractivity contribution is -0.154. The summed E-state index contributed by atoms with van der Waals surface area (Å²) < 4.78 is 6.35. The Kier molecular flexibility index (Phi) is 5.10. The predicted molar refractivity (Wildman–Crippen MR) is 92.4 cm³/mol. The number of fused-ring (bicyclic) bond motifs is 1. The molecule has 0 aliphatic heterocycles. The van der Waals surface area contributed by atoms with Crippen molar-refractivity contribution in [2.75, 3.05) is 12.0 Å². The summed E-state index contributed by atoms with van der Waals surface area (Å²) in [5.41, 5.74) is 2.05. The molecule has 0 radical (unpaired) electrons. The van der Waals surface area contributed by atoms with E-state index in [0.29, 0.717) is 0 Å². The zero-order valence-corrected chi connectivity index (χ0v) is 14.6. The summed E-state index contributed by atoms with van der Waals surface area (Å²) in [6, 6.07) is 1.47. The van der Waals surface area contributed by atoms with Gasteiger partial charge in [0.15, 0.2) is 0 Å². The van der Waals surface area contributed by atoms with Crippen molar-refractivity contribution in [2.45, 2.75) is 39.7 Å². The minimum atomic E-state index is -1.15. The van der Waals surface area contributed by atoms with Crippen molar-refractivity contribution in [3.05, 3.63) is 40.1 Å². The summed E-state index contributed by atoms with van der Waals surface area (Å²) in [4.78, 5) is 39.8. The lowest BCUT2D eigenvalue weighted by atomic mass is 10.1. The van der Waals surface area contributed by atoms with Crippen LogP contribution < -0.4 is 11.0 Å². The van der Waals surface area contributed by atoms with Crippen LogP contribution in [0.25, 0.3) is 10.8 Å². The van der Waals surface area contributed by atoms with Crippen LogP contribution in [0.3, 0.4) is 0 Å². The Morgan fingerprint density at radius 1 is 1.32 bits per heavy atom. The van der Waals surface area contributed by atoms with Crippen LogP contribution in [0.1, 0.15) is 43.2 Å². The van der Waals surface area contributed by atoms with Crippen LogP contribution in [0, 0.1) is 6.92 Å². The summed E-state index contributed by atoms with van der Waals surface area (Å²) in [7, 11) is 0. The maximum atomic E-state index is 12.6. The maximum Gasteiger partial charge on any atom is 0.338 e. The molecule has 2 aromatic rings. The highest BCUT2D eigenvalue weighted by Gasteiger charge is 2.20. The van der Waals surface area contributed by atoms with Crippen LogP contribution in [0.15, 0.2) is 23.3 Å². The Hall–Kier alpha value is -2.90. The van der Waals surface area contributed by atoms with Gasteiger partial charge >= 0.3 is 11.9 Å². The fourth-order valence-corrected chi connectivity index (χ4v) is 2.48. The number of pyridine rings is 2. The second-order valence-electron chi connectivity index (χ2n) is 6.57. The summed E-state index contributed by atoms with van der Waals surface area (Å²) >= 11 is 0. The zero-order chi connectivity index (χ0) is 18.8. The molecule has 0 aliphatic rings. The van der Waals surface area contributed by atoms with Gasteiger partial charge in [0.05, 0.1) is 23.1 Å². The van der Waals surface area contributed by atoms with Gasteiger partial charge in [0.1, 0.15) is 5.60 Å². The van der Waals surface area contributed by atoms with Gasteiger partial charge in [-0.05, 0) is 33.8 Å². The molecule has 25 heavy (non-hydrogen) atoms. The van der Waals surface area contributed by atoms with Gasteiger partial charge in [0, 0.05) is 24.3 Å². The van der Waals surface area contributed by atoms with Crippen LogP contribution in [0.5, 0.6) is 0 Å². The van der Waals surface area contributed by atoms with Gasteiger partial charge in [-0.3, -0.25) is 14.6 Å². The average molecular weight is 347 g/mol. The van der Waals surface area contributed by atoms with E-state index in [-0.39, 0.29) is 35.0 Å². The zero-order valence-electron chi connectivity index (χ0n) is 14.6. The number of aromatic nitrogens is 2.